The predicted molar refractivity (Wildman–Crippen MR) is 62.6 cm³/mol. The number of amides is 1. The summed E-state index contributed by atoms with van der Waals surface area (Å²) in [7, 11) is 0. The van der Waals surface area contributed by atoms with Crippen LogP contribution in [0.1, 0.15) is 5.56 Å². The lowest BCUT2D eigenvalue weighted by Gasteiger charge is -2.21. The van der Waals surface area contributed by atoms with Crippen LogP contribution in [0.25, 0.3) is 0 Å². The van der Waals surface area contributed by atoms with E-state index in [9.17, 15) is 4.79 Å². The summed E-state index contributed by atoms with van der Waals surface area (Å²) in [4.78, 5) is 15.8. The van der Waals surface area contributed by atoms with Gasteiger partial charge in [0, 0.05) is 0 Å². The first-order chi connectivity index (χ1) is 8.16. The Morgan fingerprint density at radius 2 is 2.41 bits per heavy atom. The van der Waals surface area contributed by atoms with Crippen molar-refractivity contribution in [2.45, 2.75) is 13.0 Å². The van der Waals surface area contributed by atoms with Crippen molar-refractivity contribution in [3.8, 4) is 0 Å². The fourth-order valence-corrected chi connectivity index (χ4v) is 1.48. The second-order valence-corrected chi connectivity index (χ2v) is 3.85. The van der Waals surface area contributed by atoms with E-state index < -0.39 is 6.10 Å². The Labute approximate surface area is 99.1 Å². The van der Waals surface area contributed by atoms with Crippen molar-refractivity contribution in [1.82, 2.24) is 4.98 Å². The van der Waals surface area contributed by atoms with Crippen molar-refractivity contribution in [3.05, 3.63) is 17.8 Å². The van der Waals surface area contributed by atoms with Crippen molar-refractivity contribution in [1.29, 1.82) is 0 Å². The third-order valence-electron chi connectivity index (χ3n) is 2.51. The van der Waals surface area contributed by atoms with E-state index in [1.165, 1.54) is 6.20 Å². The number of anilines is 2. The number of aryl methyl sites for hydroxylation is 1. The van der Waals surface area contributed by atoms with Gasteiger partial charge in [0.25, 0.3) is 5.91 Å². The molecule has 0 spiro atoms. The molecule has 3 N–H and O–H groups in total. The molecule has 1 atom stereocenters. The van der Waals surface area contributed by atoms with Gasteiger partial charge in [-0.2, -0.15) is 0 Å². The van der Waals surface area contributed by atoms with Crippen LogP contribution < -0.4 is 11.1 Å². The molecule has 1 fully saturated rings. The molecule has 0 aromatic carbocycles. The first kappa shape index (κ1) is 11.8. The lowest BCUT2D eigenvalue weighted by Crippen LogP contribution is -2.39. The summed E-state index contributed by atoms with van der Waals surface area (Å²) in [5.74, 6) is 0.220. The standard InChI is InChI=1S/C11H15N3O3/c1-7-4-10(13-5-8(7)12)14-11(15)9-6-16-2-3-17-9/h4-5,9H,2-3,6,12H2,1H3,(H,13,14,15). The number of carbonyl (C=O) groups excluding carboxylic acids is 1. The normalized spacial score (nSPS) is 19.9. The van der Waals surface area contributed by atoms with Gasteiger partial charge in [-0.1, -0.05) is 0 Å². The molecule has 92 valence electrons. The zero-order valence-corrected chi connectivity index (χ0v) is 9.60. The number of rotatable bonds is 2. The fourth-order valence-electron chi connectivity index (χ4n) is 1.48. The molecule has 2 heterocycles. The lowest BCUT2D eigenvalue weighted by molar-refractivity contribution is -0.142. The molecule has 0 radical (unpaired) electrons. The first-order valence-corrected chi connectivity index (χ1v) is 5.39. The number of nitrogens with zero attached hydrogens (tertiary/aromatic N) is 1. The van der Waals surface area contributed by atoms with E-state index in [2.05, 4.69) is 10.3 Å². The number of carbonyl (C=O) groups is 1. The molecule has 1 saturated heterocycles. The van der Waals surface area contributed by atoms with E-state index in [-0.39, 0.29) is 12.5 Å². The molecule has 1 amide bonds. The average Bonchev–Trinajstić information content (AvgIpc) is 2.35. The molecule has 1 aliphatic rings. The van der Waals surface area contributed by atoms with Gasteiger partial charge in [-0.15, -0.1) is 0 Å². The van der Waals surface area contributed by atoms with E-state index in [1.54, 1.807) is 6.07 Å². The van der Waals surface area contributed by atoms with Gasteiger partial charge in [0.2, 0.25) is 0 Å². The highest BCUT2D eigenvalue weighted by Crippen LogP contribution is 2.13. The minimum atomic E-state index is -0.566. The topological polar surface area (TPSA) is 86.5 Å². The average molecular weight is 237 g/mol. The molecule has 0 saturated carbocycles. The van der Waals surface area contributed by atoms with E-state index >= 15 is 0 Å². The van der Waals surface area contributed by atoms with Crippen molar-refractivity contribution in [2.24, 2.45) is 0 Å². The number of hydrogen-bond acceptors (Lipinski definition) is 5. The first-order valence-electron chi connectivity index (χ1n) is 5.39. The van der Waals surface area contributed by atoms with Gasteiger partial charge in [0.05, 0.1) is 31.7 Å². The highest BCUT2D eigenvalue weighted by Gasteiger charge is 2.22. The van der Waals surface area contributed by atoms with E-state index in [0.29, 0.717) is 24.7 Å². The van der Waals surface area contributed by atoms with Crippen molar-refractivity contribution >= 4 is 17.4 Å². The monoisotopic (exact) mass is 237 g/mol. The van der Waals surface area contributed by atoms with Crippen LogP contribution in [0.4, 0.5) is 11.5 Å². The molecular weight excluding hydrogens is 222 g/mol. The molecule has 1 aromatic rings. The summed E-state index contributed by atoms with van der Waals surface area (Å²) in [6.07, 6.45) is 0.951. The van der Waals surface area contributed by atoms with Crippen molar-refractivity contribution < 1.29 is 14.3 Å². The van der Waals surface area contributed by atoms with Crippen LogP contribution in [0.15, 0.2) is 12.3 Å². The number of pyridine rings is 1. The summed E-state index contributed by atoms with van der Waals surface area (Å²) < 4.78 is 10.4. The number of hydrogen-bond donors (Lipinski definition) is 2. The Bertz CT molecular complexity index is 416. The van der Waals surface area contributed by atoms with E-state index in [4.69, 9.17) is 15.2 Å². The van der Waals surface area contributed by atoms with Crippen molar-refractivity contribution in [3.63, 3.8) is 0 Å². The summed E-state index contributed by atoms with van der Waals surface area (Å²) in [6.45, 7) is 3.10. The maximum absolute atomic E-state index is 11.8. The number of aromatic nitrogens is 1. The van der Waals surface area contributed by atoms with Crippen LogP contribution in [-0.2, 0) is 14.3 Å². The van der Waals surface area contributed by atoms with Gasteiger partial charge < -0.3 is 20.5 Å². The molecule has 6 nitrogen and oxygen atoms in total. The number of ether oxygens (including phenoxy) is 2. The van der Waals surface area contributed by atoms with Crippen LogP contribution in [0.2, 0.25) is 0 Å². The Morgan fingerprint density at radius 3 is 3.06 bits per heavy atom. The van der Waals surface area contributed by atoms with Crippen LogP contribution in [-0.4, -0.2) is 36.8 Å². The van der Waals surface area contributed by atoms with Gasteiger partial charge in [-0.25, -0.2) is 4.98 Å². The summed E-state index contributed by atoms with van der Waals surface area (Å²) in [5, 5.41) is 2.67. The quantitative estimate of drug-likeness (QED) is 0.774. The molecule has 0 bridgehead atoms. The Morgan fingerprint density at radius 1 is 1.59 bits per heavy atom. The zero-order chi connectivity index (χ0) is 12.3. The highest BCUT2D eigenvalue weighted by molar-refractivity contribution is 5.93. The highest BCUT2D eigenvalue weighted by atomic mass is 16.6. The zero-order valence-electron chi connectivity index (χ0n) is 9.60. The molecule has 17 heavy (non-hydrogen) atoms. The van der Waals surface area contributed by atoms with Gasteiger partial charge >= 0.3 is 0 Å². The van der Waals surface area contributed by atoms with E-state index in [0.717, 1.165) is 5.56 Å². The number of nitrogens with two attached hydrogens (primary N) is 1. The Hall–Kier alpha value is -1.66. The predicted octanol–water partition coefficient (Wildman–Crippen LogP) is 0.326. The molecule has 2 rings (SSSR count). The van der Waals surface area contributed by atoms with Gasteiger partial charge in [0.1, 0.15) is 5.82 Å². The van der Waals surface area contributed by atoms with Crippen molar-refractivity contribution in [2.75, 3.05) is 30.9 Å². The summed E-state index contributed by atoms with van der Waals surface area (Å²) in [5.41, 5.74) is 7.11. The minimum absolute atomic E-state index is 0.249. The lowest BCUT2D eigenvalue weighted by atomic mass is 10.2. The summed E-state index contributed by atoms with van der Waals surface area (Å²) >= 11 is 0. The van der Waals surface area contributed by atoms with Gasteiger partial charge in [-0.3, -0.25) is 4.79 Å². The molecular formula is C11H15N3O3. The molecule has 1 aromatic heterocycles. The molecule has 1 unspecified atom stereocenters. The fraction of sp³-hybridized carbons (Fsp3) is 0.455. The number of nitrogen functional groups attached to an aromatic ring is 1. The maximum atomic E-state index is 11.8. The van der Waals surface area contributed by atoms with Crippen LogP contribution >= 0.6 is 0 Å². The van der Waals surface area contributed by atoms with Gasteiger partial charge in [0.15, 0.2) is 6.10 Å². The third-order valence-corrected chi connectivity index (χ3v) is 2.51. The Balaban J connectivity index is 1.99. The largest absolute Gasteiger partial charge is 0.397 e. The number of nitrogens with one attached hydrogen (secondary N) is 1. The van der Waals surface area contributed by atoms with Crippen LogP contribution in [0.3, 0.4) is 0 Å². The maximum Gasteiger partial charge on any atom is 0.257 e. The SMILES string of the molecule is Cc1cc(NC(=O)C2COCCO2)ncc1N. The summed E-state index contributed by atoms with van der Waals surface area (Å²) in [6, 6.07) is 1.72. The minimum Gasteiger partial charge on any atom is -0.397 e. The van der Waals surface area contributed by atoms with Crippen LogP contribution in [0.5, 0.6) is 0 Å². The molecule has 0 aliphatic carbocycles. The third kappa shape index (κ3) is 2.92. The Kier molecular flexibility index (Phi) is 3.55. The van der Waals surface area contributed by atoms with E-state index in [1.807, 2.05) is 6.92 Å². The molecule has 6 heteroatoms. The van der Waals surface area contributed by atoms with Gasteiger partial charge in [-0.05, 0) is 18.6 Å². The second kappa shape index (κ2) is 5.11. The molecule has 1 aliphatic heterocycles. The smallest absolute Gasteiger partial charge is 0.257 e. The second-order valence-electron chi connectivity index (χ2n) is 3.85. The van der Waals surface area contributed by atoms with Crippen LogP contribution in [0, 0.1) is 6.92 Å².